The number of hydrogen-bond acceptors (Lipinski definition) is 4. The second-order valence-corrected chi connectivity index (χ2v) is 7.45. The van der Waals surface area contributed by atoms with Crippen LogP contribution in [0.15, 0.2) is 48.7 Å². The number of halogens is 3. The number of hydrogen-bond donors (Lipinski definition) is 2. The van der Waals surface area contributed by atoms with Crippen LogP contribution >= 0.6 is 0 Å². The molecule has 0 saturated carbocycles. The molecule has 3 aromatic rings. The minimum atomic E-state index is -4.77. The van der Waals surface area contributed by atoms with Crippen LogP contribution in [0.5, 0.6) is 5.75 Å². The largest absolute Gasteiger partial charge is 0.573 e. The van der Waals surface area contributed by atoms with Crippen LogP contribution in [0.25, 0.3) is 21.9 Å². The van der Waals surface area contributed by atoms with E-state index in [2.05, 4.69) is 20.4 Å². The number of fused-ring (bicyclic) bond motifs is 1. The average Bonchev–Trinajstić information content (AvgIpc) is 2.61. The summed E-state index contributed by atoms with van der Waals surface area (Å²) in [5, 5.41) is 8.28. The molecule has 0 fully saturated rings. The van der Waals surface area contributed by atoms with Crippen LogP contribution in [-0.2, 0) is 0 Å². The van der Waals surface area contributed by atoms with Crippen molar-refractivity contribution in [2.75, 3.05) is 10.6 Å². The molecule has 2 aromatic carbocycles. The van der Waals surface area contributed by atoms with Crippen molar-refractivity contribution in [3.63, 3.8) is 0 Å². The summed E-state index contributed by atoms with van der Waals surface area (Å²) in [5.41, 5.74) is 1.69. The van der Waals surface area contributed by atoms with Gasteiger partial charge >= 0.3 is 6.36 Å². The molecule has 0 aliphatic heterocycles. The van der Waals surface area contributed by atoms with Crippen LogP contribution in [0, 0.1) is 0 Å². The van der Waals surface area contributed by atoms with Crippen LogP contribution in [0.4, 0.5) is 24.7 Å². The molecule has 0 aliphatic rings. The van der Waals surface area contributed by atoms with E-state index in [1.165, 1.54) is 6.07 Å². The van der Waals surface area contributed by atoms with E-state index in [1.54, 1.807) is 24.4 Å². The number of nitrogens with zero attached hydrogens (tertiary/aromatic N) is 1. The highest BCUT2D eigenvalue weighted by Crippen LogP contribution is 2.38. The van der Waals surface area contributed by atoms with Crippen molar-refractivity contribution in [1.82, 2.24) is 4.98 Å². The maximum atomic E-state index is 13.0. The van der Waals surface area contributed by atoms with Crippen LogP contribution < -0.4 is 15.4 Å². The van der Waals surface area contributed by atoms with E-state index >= 15 is 0 Å². The van der Waals surface area contributed by atoms with Crippen LogP contribution in [0.3, 0.4) is 0 Å². The number of benzene rings is 2. The van der Waals surface area contributed by atoms with Crippen molar-refractivity contribution in [1.29, 1.82) is 0 Å². The van der Waals surface area contributed by atoms with E-state index < -0.39 is 6.36 Å². The summed E-state index contributed by atoms with van der Waals surface area (Å²) in [6.07, 6.45) is -3.07. The molecule has 0 amide bonds. The molecule has 4 nitrogen and oxygen atoms in total. The van der Waals surface area contributed by atoms with E-state index in [-0.39, 0.29) is 17.8 Å². The molecular formula is C22H24F3N3O. The lowest BCUT2D eigenvalue weighted by atomic mass is 10.00. The second kappa shape index (κ2) is 8.19. The number of pyridine rings is 1. The third kappa shape index (κ3) is 5.31. The fourth-order valence-electron chi connectivity index (χ4n) is 3.12. The summed E-state index contributed by atoms with van der Waals surface area (Å²) in [6.45, 7) is 7.93. The number of anilines is 2. The SMILES string of the molecule is CC(C)Nc1ccc(OC(F)(F)F)c(-c2ccc3ccnc(NC(C)C)c3c2)c1. The average molecular weight is 403 g/mol. The quantitative estimate of drug-likeness (QED) is 0.497. The van der Waals surface area contributed by atoms with Crippen molar-refractivity contribution in [2.45, 2.75) is 46.1 Å². The molecule has 2 N–H and O–H groups in total. The van der Waals surface area contributed by atoms with Crippen molar-refractivity contribution in [2.24, 2.45) is 0 Å². The van der Waals surface area contributed by atoms with Crippen LogP contribution in [-0.4, -0.2) is 23.4 Å². The van der Waals surface area contributed by atoms with Gasteiger partial charge in [-0.15, -0.1) is 13.2 Å². The van der Waals surface area contributed by atoms with Crippen LogP contribution in [0.2, 0.25) is 0 Å². The van der Waals surface area contributed by atoms with E-state index in [4.69, 9.17) is 0 Å². The first-order valence-electron chi connectivity index (χ1n) is 9.44. The summed E-state index contributed by atoms with van der Waals surface area (Å²) >= 11 is 0. The van der Waals surface area contributed by atoms with Crippen molar-refractivity contribution < 1.29 is 17.9 Å². The van der Waals surface area contributed by atoms with E-state index in [0.29, 0.717) is 16.9 Å². The molecule has 0 spiro atoms. The van der Waals surface area contributed by atoms with Crippen molar-refractivity contribution in [3.8, 4) is 16.9 Å². The van der Waals surface area contributed by atoms with Crippen LogP contribution in [0.1, 0.15) is 27.7 Å². The predicted molar refractivity (Wildman–Crippen MR) is 111 cm³/mol. The van der Waals surface area contributed by atoms with Gasteiger partial charge in [0.1, 0.15) is 11.6 Å². The Morgan fingerprint density at radius 1 is 0.897 bits per heavy atom. The van der Waals surface area contributed by atoms with Gasteiger partial charge < -0.3 is 15.4 Å². The van der Waals surface area contributed by atoms with Gasteiger partial charge in [0.2, 0.25) is 0 Å². The zero-order valence-electron chi connectivity index (χ0n) is 16.8. The summed E-state index contributed by atoms with van der Waals surface area (Å²) in [6, 6.07) is 12.3. The molecule has 29 heavy (non-hydrogen) atoms. The molecule has 3 rings (SSSR count). The first kappa shape index (κ1) is 20.8. The summed E-state index contributed by atoms with van der Waals surface area (Å²) in [4.78, 5) is 4.39. The van der Waals surface area contributed by atoms with Gasteiger partial charge in [0.15, 0.2) is 0 Å². The molecule has 0 atom stereocenters. The van der Waals surface area contributed by atoms with Gasteiger partial charge in [0.05, 0.1) is 0 Å². The molecule has 1 aromatic heterocycles. The normalized spacial score (nSPS) is 11.9. The van der Waals surface area contributed by atoms with Gasteiger partial charge in [-0.1, -0.05) is 12.1 Å². The summed E-state index contributed by atoms with van der Waals surface area (Å²) < 4.78 is 43.1. The second-order valence-electron chi connectivity index (χ2n) is 7.45. The topological polar surface area (TPSA) is 46.2 Å². The molecule has 0 aliphatic carbocycles. The standard InChI is InChI=1S/C22H24F3N3O/c1-13(2)27-17-7-8-20(29-22(23,24)25)18(12-17)16-6-5-15-9-10-26-21(19(15)11-16)28-14(3)4/h5-14,27H,1-4H3,(H,26,28). The fourth-order valence-corrected chi connectivity index (χ4v) is 3.12. The maximum Gasteiger partial charge on any atom is 0.573 e. The Bertz CT molecular complexity index is 1000. The Morgan fingerprint density at radius 3 is 2.28 bits per heavy atom. The lowest BCUT2D eigenvalue weighted by Crippen LogP contribution is -2.18. The smallest absolute Gasteiger partial charge is 0.405 e. The Kier molecular flexibility index (Phi) is 5.86. The Hall–Kier alpha value is -2.96. The molecule has 0 radical (unpaired) electrons. The minimum Gasteiger partial charge on any atom is -0.405 e. The Labute approximate surface area is 168 Å². The predicted octanol–water partition coefficient (Wildman–Crippen LogP) is 6.44. The van der Waals surface area contributed by atoms with Gasteiger partial charge in [-0.2, -0.15) is 0 Å². The van der Waals surface area contributed by atoms with Gasteiger partial charge in [-0.25, -0.2) is 4.98 Å². The first-order valence-corrected chi connectivity index (χ1v) is 9.44. The van der Waals surface area contributed by atoms with E-state index in [9.17, 15) is 13.2 Å². The summed E-state index contributed by atoms with van der Waals surface area (Å²) in [5.74, 6) is 0.447. The van der Waals surface area contributed by atoms with Gasteiger partial charge in [0.25, 0.3) is 0 Å². The van der Waals surface area contributed by atoms with Crippen molar-refractivity contribution >= 4 is 22.3 Å². The lowest BCUT2D eigenvalue weighted by molar-refractivity contribution is -0.274. The highest BCUT2D eigenvalue weighted by atomic mass is 19.4. The minimum absolute atomic E-state index is 0.139. The highest BCUT2D eigenvalue weighted by molar-refractivity contribution is 5.95. The lowest BCUT2D eigenvalue weighted by Gasteiger charge is -2.18. The van der Waals surface area contributed by atoms with Gasteiger partial charge in [0, 0.05) is 34.9 Å². The molecule has 154 valence electrons. The summed E-state index contributed by atoms with van der Waals surface area (Å²) in [7, 11) is 0. The molecule has 7 heteroatoms. The zero-order valence-corrected chi connectivity index (χ0v) is 16.8. The molecule has 0 bridgehead atoms. The Balaban J connectivity index is 2.15. The number of rotatable bonds is 6. The molecule has 0 unspecified atom stereocenters. The maximum absolute atomic E-state index is 13.0. The number of ether oxygens (including phenoxy) is 1. The third-order valence-electron chi connectivity index (χ3n) is 4.16. The van der Waals surface area contributed by atoms with E-state index in [1.807, 2.05) is 45.9 Å². The third-order valence-corrected chi connectivity index (χ3v) is 4.16. The number of alkyl halides is 3. The van der Waals surface area contributed by atoms with E-state index in [0.717, 1.165) is 16.5 Å². The molecular weight excluding hydrogens is 379 g/mol. The fraction of sp³-hybridized carbons (Fsp3) is 0.318. The number of aromatic nitrogens is 1. The van der Waals surface area contributed by atoms with Crippen molar-refractivity contribution in [3.05, 3.63) is 48.7 Å². The van der Waals surface area contributed by atoms with Gasteiger partial charge in [-0.05, 0) is 69.0 Å². The van der Waals surface area contributed by atoms with Gasteiger partial charge in [-0.3, -0.25) is 0 Å². The first-order chi connectivity index (χ1) is 13.6. The molecule has 0 saturated heterocycles. The highest BCUT2D eigenvalue weighted by Gasteiger charge is 2.32. The monoisotopic (exact) mass is 403 g/mol. The number of nitrogens with one attached hydrogen (secondary N) is 2. The zero-order chi connectivity index (χ0) is 21.2. The molecule has 1 heterocycles. The Morgan fingerprint density at radius 2 is 1.62 bits per heavy atom.